The first-order valence-electron chi connectivity index (χ1n) is 7.40. The highest BCUT2D eigenvalue weighted by atomic mass is 16.4. The maximum atomic E-state index is 12.1. The maximum absolute atomic E-state index is 12.1. The molecule has 0 saturated heterocycles. The van der Waals surface area contributed by atoms with E-state index < -0.39 is 0 Å². The molecule has 0 aliphatic rings. The van der Waals surface area contributed by atoms with E-state index in [1.807, 2.05) is 24.3 Å². The number of nitriles is 1. The average molecular weight is 318 g/mol. The van der Waals surface area contributed by atoms with Crippen molar-refractivity contribution >= 4 is 11.6 Å². The molecule has 0 spiro atoms. The molecule has 1 amide bonds. The zero-order chi connectivity index (χ0) is 16.8. The zero-order valence-electron chi connectivity index (χ0n) is 12.8. The van der Waals surface area contributed by atoms with Crippen molar-refractivity contribution in [3.63, 3.8) is 0 Å². The summed E-state index contributed by atoms with van der Waals surface area (Å²) in [7, 11) is 0. The maximum Gasteiger partial charge on any atom is 0.247 e. The molecule has 1 heterocycles. The van der Waals surface area contributed by atoms with Crippen LogP contribution in [0.2, 0.25) is 0 Å². The predicted octanol–water partition coefficient (Wildman–Crippen LogP) is 3.18. The van der Waals surface area contributed by atoms with E-state index in [2.05, 4.69) is 21.6 Å². The molecule has 0 atom stereocenters. The summed E-state index contributed by atoms with van der Waals surface area (Å²) in [5.74, 6) is 0.325. The molecule has 0 bridgehead atoms. The summed E-state index contributed by atoms with van der Waals surface area (Å²) in [6.45, 7) is 0. The lowest BCUT2D eigenvalue weighted by molar-refractivity contribution is -0.116. The first kappa shape index (κ1) is 15.4. The zero-order valence-corrected chi connectivity index (χ0v) is 12.8. The fourth-order valence-corrected chi connectivity index (χ4v) is 2.26. The van der Waals surface area contributed by atoms with Crippen molar-refractivity contribution in [3.05, 3.63) is 66.1 Å². The second kappa shape index (κ2) is 7.20. The van der Waals surface area contributed by atoms with Crippen molar-refractivity contribution < 1.29 is 9.21 Å². The van der Waals surface area contributed by atoms with E-state index in [1.54, 1.807) is 24.3 Å². The van der Waals surface area contributed by atoms with Gasteiger partial charge < -0.3 is 9.73 Å². The van der Waals surface area contributed by atoms with E-state index in [0.717, 1.165) is 11.1 Å². The number of carbonyl (C=O) groups excluding carboxylic acids is 1. The summed E-state index contributed by atoms with van der Waals surface area (Å²) >= 11 is 0. The van der Waals surface area contributed by atoms with Gasteiger partial charge in [0.15, 0.2) is 0 Å². The molecule has 6 heteroatoms. The van der Waals surface area contributed by atoms with Gasteiger partial charge in [-0.3, -0.25) is 4.79 Å². The van der Waals surface area contributed by atoms with E-state index in [-0.39, 0.29) is 5.91 Å². The van der Waals surface area contributed by atoms with Crippen LogP contribution in [0.1, 0.15) is 17.5 Å². The number of hydrogen-bond donors (Lipinski definition) is 1. The van der Waals surface area contributed by atoms with Crippen LogP contribution in [0.4, 0.5) is 5.69 Å². The third-order valence-electron chi connectivity index (χ3n) is 3.48. The van der Waals surface area contributed by atoms with Gasteiger partial charge in [-0.15, -0.1) is 10.2 Å². The number of amides is 1. The Hall–Kier alpha value is -3.46. The van der Waals surface area contributed by atoms with E-state index in [0.29, 0.717) is 30.0 Å². The van der Waals surface area contributed by atoms with Gasteiger partial charge in [-0.1, -0.05) is 18.2 Å². The number of nitrogens with one attached hydrogen (secondary N) is 1. The van der Waals surface area contributed by atoms with Crippen molar-refractivity contribution in [3.8, 4) is 17.5 Å². The number of anilines is 1. The lowest BCUT2D eigenvalue weighted by atomic mass is 10.1. The van der Waals surface area contributed by atoms with Crippen molar-refractivity contribution in [2.24, 2.45) is 0 Å². The summed E-state index contributed by atoms with van der Waals surface area (Å²) in [6, 6.07) is 16.5. The molecule has 0 aliphatic heterocycles. The SMILES string of the molecule is N#Cc1ccc(CCC(=O)Nc2cccc(-c3nnco3)c2)cc1. The lowest BCUT2D eigenvalue weighted by Crippen LogP contribution is -2.12. The van der Waals surface area contributed by atoms with E-state index in [4.69, 9.17) is 9.68 Å². The second-order valence-electron chi connectivity index (χ2n) is 5.18. The summed E-state index contributed by atoms with van der Waals surface area (Å²) in [4.78, 5) is 12.1. The molecule has 0 radical (unpaired) electrons. The van der Waals surface area contributed by atoms with E-state index in [9.17, 15) is 4.79 Å². The van der Waals surface area contributed by atoms with Gasteiger partial charge in [-0.2, -0.15) is 5.26 Å². The molecule has 24 heavy (non-hydrogen) atoms. The highest BCUT2D eigenvalue weighted by Gasteiger charge is 2.07. The number of nitrogens with zero attached hydrogens (tertiary/aromatic N) is 3. The van der Waals surface area contributed by atoms with Crippen molar-refractivity contribution in [2.45, 2.75) is 12.8 Å². The fraction of sp³-hybridized carbons (Fsp3) is 0.111. The second-order valence-corrected chi connectivity index (χ2v) is 5.18. The molecule has 118 valence electrons. The molecule has 1 N–H and O–H groups in total. The molecule has 1 aromatic heterocycles. The third-order valence-corrected chi connectivity index (χ3v) is 3.48. The minimum Gasteiger partial charge on any atom is -0.423 e. The summed E-state index contributed by atoms with van der Waals surface area (Å²) < 4.78 is 5.15. The Balaban J connectivity index is 1.58. The quantitative estimate of drug-likeness (QED) is 0.780. The van der Waals surface area contributed by atoms with Crippen molar-refractivity contribution in [1.82, 2.24) is 10.2 Å². The number of aromatic nitrogens is 2. The minimum absolute atomic E-state index is 0.0814. The van der Waals surface area contributed by atoms with Gasteiger partial charge in [0.1, 0.15) is 0 Å². The Bertz CT molecular complexity index is 865. The first-order chi connectivity index (χ1) is 11.7. The fourth-order valence-electron chi connectivity index (χ4n) is 2.26. The predicted molar refractivity (Wildman–Crippen MR) is 87.8 cm³/mol. The Morgan fingerprint density at radius 1 is 1.21 bits per heavy atom. The molecular weight excluding hydrogens is 304 g/mol. The van der Waals surface area contributed by atoms with Crippen LogP contribution in [-0.4, -0.2) is 16.1 Å². The van der Waals surface area contributed by atoms with Crippen LogP contribution in [-0.2, 0) is 11.2 Å². The van der Waals surface area contributed by atoms with Crippen molar-refractivity contribution in [2.75, 3.05) is 5.32 Å². The molecule has 6 nitrogen and oxygen atoms in total. The van der Waals surface area contributed by atoms with Gasteiger partial charge in [0, 0.05) is 17.7 Å². The molecule has 0 saturated carbocycles. The van der Waals surface area contributed by atoms with Crippen LogP contribution >= 0.6 is 0 Å². The smallest absolute Gasteiger partial charge is 0.247 e. The molecule has 0 fully saturated rings. The van der Waals surface area contributed by atoms with Crippen LogP contribution in [0.5, 0.6) is 0 Å². The normalized spacial score (nSPS) is 10.1. The van der Waals surface area contributed by atoms with Crippen LogP contribution < -0.4 is 5.32 Å². The standard InChI is InChI=1S/C18H14N4O2/c19-11-14-6-4-13(5-7-14)8-9-17(23)21-16-3-1-2-15(10-16)18-22-20-12-24-18/h1-7,10,12H,8-9H2,(H,21,23). The number of hydrogen-bond acceptors (Lipinski definition) is 5. The number of rotatable bonds is 5. The van der Waals surface area contributed by atoms with Gasteiger partial charge in [-0.25, -0.2) is 0 Å². The Morgan fingerprint density at radius 3 is 2.75 bits per heavy atom. The van der Waals surface area contributed by atoms with Gasteiger partial charge in [0.25, 0.3) is 0 Å². The van der Waals surface area contributed by atoms with Gasteiger partial charge in [-0.05, 0) is 42.3 Å². The molecule has 3 aromatic rings. The molecule has 0 unspecified atom stereocenters. The monoisotopic (exact) mass is 318 g/mol. The summed E-state index contributed by atoms with van der Waals surface area (Å²) in [6.07, 6.45) is 2.23. The third kappa shape index (κ3) is 3.84. The van der Waals surface area contributed by atoms with Crippen LogP contribution in [0, 0.1) is 11.3 Å². The van der Waals surface area contributed by atoms with Crippen LogP contribution in [0.15, 0.2) is 59.3 Å². The first-order valence-corrected chi connectivity index (χ1v) is 7.40. The topological polar surface area (TPSA) is 91.8 Å². The number of carbonyl (C=O) groups is 1. The molecule has 0 aliphatic carbocycles. The molecule has 2 aromatic carbocycles. The van der Waals surface area contributed by atoms with Crippen LogP contribution in [0.25, 0.3) is 11.5 Å². The number of aryl methyl sites for hydroxylation is 1. The lowest BCUT2D eigenvalue weighted by Gasteiger charge is -2.06. The highest BCUT2D eigenvalue weighted by Crippen LogP contribution is 2.20. The summed E-state index contributed by atoms with van der Waals surface area (Å²) in [5.41, 5.74) is 3.05. The Morgan fingerprint density at radius 2 is 2.04 bits per heavy atom. The van der Waals surface area contributed by atoms with Gasteiger partial charge in [0.05, 0.1) is 11.6 Å². The van der Waals surface area contributed by atoms with Gasteiger partial charge >= 0.3 is 0 Å². The highest BCUT2D eigenvalue weighted by molar-refractivity contribution is 5.91. The molecular formula is C18H14N4O2. The Labute approximate surface area is 138 Å². The Kier molecular flexibility index (Phi) is 4.63. The van der Waals surface area contributed by atoms with Crippen LogP contribution in [0.3, 0.4) is 0 Å². The largest absolute Gasteiger partial charge is 0.423 e. The number of benzene rings is 2. The van der Waals surface area contributed by atoms with Crippen molar-refractivity contribution in [1.29, 1.82) is 5.26 Å². The van der Waals surface area contributed by atoms with E-state index in [1.165, 1.54) is 6.39 Å². The average Bonchev–Trinajstić information content (AvgIpc) is 3.15. The summed E-state index contributed by atoms with van der Waals surface area (Å²) in [5, 5.41) is 19.1. The van der Waals surface area contributed by atoms with E-state index >= 15 is 0 Å². The minimum atomic E-state index is -0.0814. The van der Waals surface area contributed by atoms with Gasteiger partial charge in [0.2, 0.25) is 18.2 Å². The molecule has 3 rings (SSSR count).